The van der Waals surface area contributed by atoms with Crippen molar-refractivity contribution < 1.29 is 17.6 Å². The summed E-state index contributed by atoms with van der Waals surface area (Å²) in [5.74, 6) is 1.54. The van der Waals surface area contributed by atoms with Gasteiger partial charge in [-0.3, -0.25) is 4.79 Å². The fourth-order valence-electron chi connectivity index (χ4n) is 4.26. The standard InChI is InChI=1S/C22H28N2O4S/c1-17-7-3-4-8-20(17)22(25)24(18-11-14-29(26,27)16-18)15-19-9-10-21(28-19)23-12-5-2-6-13-23/h3-4,7-10,18H,2,5-6,11-16H2,1H3. The van der Waals surface area contributed by atoms with Crippen LogP contribution in [0.2, 0.25) is 0 Å². The first-order chi connectivity index (χ1) is 13.9. The molecule has 0 N–H and O–H groups in total. The molecule has 156 valence electrons. The number of sulfone groups is 1. The Hall–Kier alpha value is -2.28. The zero-order valence-corrected chi connectivity index (χ0v) is 17.7. The molecule has 1 amide bonds. The first-order valence-corrected chi connectivity index (χ1v) is 12.2. The van der Waals surface area contributed by atoms with Crippen LogP contribution in [0.15, 0.2) is 40.8 Å². The van der Waals surface area contributed by atoms with Gasteiger partial charge in [-0.1, -0.05) is 18.2 Å². The number of anilines is 1. The summed E-state index contributed by atoms with van der Waals surface area (Å²) in [5, 5.41) is 0. The molecule has 2 aliphatic rings. The Balaban J connectivity index is 1.58. The number of carbonyl (C=O) groups is 1. The highest BCUT2D eigenvalue weighted by Gasteiger charge is 2.36. The van der Waals surface area contributed by atoms with Gasteiger partial charge in [0.1, 0.15) is 5.76 Å². The number of hydrogen-bond acceptors (Lipinski definition) is 5. The van der Waals surface area contributed by atoms with Gasteiger partial charge >= 0.3 is 0 Å². The van der Waals surface area contributed by atoms with E-state index >= 15 is 0 Å². The van der Waals surface area contributed by atoms with Crippen molar-refractivity contribution in [3.05, 3.63) is 53.3 Å². The van der Waals surface area contributed by atoms with Crippen molar-refractivity contribution in [3.8, 4) is 0 Å². The predicted octanol–water partition coefficient (Wildman–Crippen LogP) is 3.41. The summed E-state index contributed by atoms with van der Waals surface area (Å²) in [7, 11) is -3.10. The molecule has 0 bridgehead atoms. The minimum absolute atomic E-state index is 0.0182. The molecule has 2 aliphatic heterocycles. The number of piperidine rings is 1. The first-order valence-electron chi connectivity index (χ1n) is 10.3. The van der Waals surface area contributed by atoms with Crippen LogP contribution in [0, 0.1) is 6.92 Å². The van der Waals surface area contributed by atoms with Crippen molar-refractivity contribution in [2.24, 2.45) is 0 Å². The van der Waals surface area contributed by atoms with E-state index < -0.39 is 9.84 Å². The summed E-state index contributed by atoms with van der Waals surface area (Å²) in [5.41, 5.74) is 1.50. The fourth-order valence-corrected chi connectivity index (χ4v) is 5.99. The van der Waals surface area contributed by atoms with Crippen LogP contribution in [0.1, 0.15) is 47.4 Å². The van der Waals surface area contributed by atoms with Crippen molar-refractivity contribution in [2.45, 2.75) is 45.2 Å². The molecule has 2 aromatic rings. The average molecular weight is 417 g/mol. The Bertz CT molecular complexity index is 976. The van der Waals surface area contributed by atoms with Crippen molar-refractivity contribution in [2.75, 3.05) is 29.5 Å². The van der Waals surface area contributed by atoms with Crippen LogP contribution >= 0.6 is 0 Å². The molecule has 29 heavy (non-hydrogen) atoms. The molecular weight excluding hydrogens is 388 g/mol. The van der Waals surface area contributed by atoms with E-state index in [2.05, 4.69) is 4.90 Å². The third kappa shape index (κ3) is 4.50. The molecule has 7 heteroatoms. The summed E-state index contributed by atoms with van der Waals surface area (Å²) in [6, 6.07) is 11.0. The molecule has 1 unspecified atom stereocenters. The van der Waals surface area contributed by atoms with Crippen LogP contribution in [-0.4, -0.2) is 49.9 Å². The summed E-state index contributed by atoms with van der Waals surface area (Å²) in [6.07, 6.45) is 4.04. The normalized spacial score (nSPS) is 21.3. The van der Waals surface area contributed by atoms with Gasteiger partial charge in [0.25, 0.3) is 5.91 Å². The molecule has 2 saturated heterocycles. The summed E-state index contributed by atoms with van der Waals surface area (Å²) in [6.45, 7) is 4.15. The van der Waals surface area contributed by atoms with Crippen molar-refractivity contribution in [1.82, 2.24) is 4.90 Å². The molecule has 6 nitrogen and oxygen atoms in total. The van der Waals surface area contributed by atoms with E-state index in [9.17, 15) is 13.2 Å². The van der Waals surface area contributed by atoms with Crippen molar-refractivity contribution in [1.29, 1.82) is 0 Å². The lowest BCUT2D eigenvalue weighted by Gasteiger charge is -2.28. The molecule has 0 aliphatic carbocycles. The van der Waals surface area contributed by atoms with E-state index in [0.717, 1.165) is 37.4 Å². The maximum atomic E-state index is 13.4. The molecule has 0 saturated carbocycles. The molecule has 0 radical (unpaired) electrons. The Morgan fingerprint density at radius 3 is 2.59 bits per heavy atom. The van der Waals surface area contributed by atoms with E-state index in [4.69, 9.17) is 4.42 Å². The molecule has 1 aromatic heterocycles. The summed E-state index contributed by atoms with van der Waals surface area (Å²) < 4.78 is 30.2. The number of nitrogens with zero attached hydrogens (tertiary/aromatic N) is 2. The molecule has 1 aromatic carbocycles. The zero-order valence-electron chi connectivity index (χ0n) is 16.8. The highest BCUT2D eigenvalue weighted by Crippen LogP contribution is 2.27. The topological polar surface area (TPSA) is 70.8 Å². The number of amides is 1. The number of furan rings is 1. The van der Waals surface area contributed by atoms with Gasteiger partial charge in [-0.25, -0.2) is 8.42 Å². The maximum absolute atomic E-state index is 13.4. The number of hydrogen-bond donors (Lipinski definition) is 0. The van der Waals surface area contributed by atoms with E-state index in [1.165, 1.54) is 6.42 Å². The molecule has 4 rings (SSSR count). The first kappa shape index (κ1) is 20.0. The zero-order chi connectivity index (χ0) is 20.4. The smallest absolute Gasteiger partial charge is 0.254 e. The predicted molar refractivity (Wildman–Crippen MR) is 113 cm³/mol. The van der Waals surface area contributed by atoms with E-state index in [-0.39, 0.29) is 30.0 Å². The molecule has 2 fully saturated rings. The van der Waals surface area contributed by atoms with Gasteiger partial charge in [0.15, 0.2) is 15.7 Å². The Labute approximate surface area is 172 Å². The van der Waals surface area contributed by atoms with Crippen LogP contribution < -0.4 is 4.90 Å². The molecular formula is C22H28N2O4S. The summed E-state index contributed by atoms with van der Waals surface area (Å²) >= 11 is 0. The quantitative estimate of drug-likeness (QED) is 0.747. The highest BCUT2D eigenvalue weighted by atomic mass is 32.2. The Morgan fingerprint density at radius 1 is 1.14 bits per heavy atom. The third-order valence-electron chi connectivity index (χ3n) is 5.93. The van der Waals surface area contributed by atoms with Crippen LogP contribution in [0.5, 0.6) is 0 Å². The van der Waals surface area contributed by atoms with Crippen molar-refractivity contribution in [3.63, 3.8) is 0 Å². The lowest BCUT2D eigenvalue weighted by molar-refractivity contribution is 0.0665. The second kappa shape index (κ2) is 8.22. The summed E-state index contributed by atoms with van der Waals surface area (Å²) in [4.78, 5) is 17.3. The van der Waals surface area contributed by atoms with Crippen LogP contribution in [0.3, 0.4) is 0 Å². The van der Waals surface area contributed by atoms with Crippen LogP contribution in [0.4, 0.5) is 5.88 Å². The second-order valence-corrected chi connectivity index (χ2v) is 10.3. The highest BCUT2D eigenvalue weighted by molar-refractivity contribution is 7.91. The van der Waals surface area contributed by atoms with Gasteiger partial charge in [0.05, 0.1) is 18.1 Å². The maximum Gasteiger partial charge on any atom is 0.254 e. The third-order valence-corrected chi connectivity index (χ3v) is 7.68. The molecule has 3 heterocycles. The lowest BCUT2D eigenvalue weighted by Crippen LogP contribution is -2.40. The Morgan fingerprint density at radius 2 is 1.90 bits per heavy atom. The van der Waals surface area contributed by atoms with E-state index in [1.807, 2.05) is 37.3 Å². The Kier molecular flexibility index (Phi) is 5.67. The van der Waals surface area contributed by atoms with Crippen LogP contribution in [0.25, 0.3) is 0 Å². The largest absolute Gasteiger partial charge is 0.444 e. The van der Waals surface area contributed by atoms with E-state index in [0.29, 0.717) is 17.7 Å². The number of aryl methyl sites for hydroxylation is 1. The van der Waals surface area contributed by atoms with Crippen molar-refractivity contribution >= 4 is 21.6 Å². The second-order valence-electron chi connectivity index (χ2n) is 8.09. The molecule has 1 atom stereocenters. The number of rotatable bonds is 5. The SMILES string of the molecule is Cc1ccccc1C(=O)N(Cc1ccc(N2CCCCC2)o1)C1CCS(=O)(=O)C1. The minimum Gasteiger partial charge on any atom is -0.444 e. The molecule has 0 spiro atoms. The lowest BCUT2D eigenvalue weighted by atomic mass is 10.1. The monoisotopic (exact) mass is 416 g/mol. The minimum atomic E-state index is -3.10. The van der Waals surface area contributed by atoms with Gasteiger partial charge < -0.3 is 14.2 Å². The van der Waals surface area contributed by atoms with Gasteiger partial charge in [0.2, 0.25) is 0 Å². The van der Waals surface area contributed by atoms with Gasteiger partial charge in [-0.05, 0) is 50.3 Å². The van der Waals surface area contributed by atoms with Gasteiger partial charge in [-0.15, -0.1) is 0 Å². The van der Waals surface area contributed by atoms with Crippen LogP contribution in [-0.2, 0) is 16.4 Å². The van der Waals surface area contributed by atoms with Gasteiger partial charge in [0, 0.05) is 30.8 Å². The average Bonchev–Trinajstić information content (AvgIpc) is 3.33. The number of benzene rings is 1. The van der Waals surface area contributed by atoms with Gasteiger partial charge in [-0.2, -0.15) is 0 Å². The van der Waals surface area contributed by atoms with E-state index in [1.54, 1.807) is 11.0 Å². The fraction of sp³-hybridized carbons (Fsp3) is 0.500. The number of carbonyl (C=O) groups excluding carboxylic acids is 1.